The number of hydrogen-bond donors (Lipinski definition) is 2. The molecule has 4 aromatic carbocycles. The van der Waals surface area contributed by atoms with Gasteiger partial charge in [0, 0.05) is 19.0 Å². The van der Waals surface area contributed by atoms with Gasteiger partial charge < -0.3 is 9.84 Å². The van der Waals surface area contributed by atoms with Crippen LogP contribution in [0.4, 0.5) is 0 Å². The van der Waals surface area contributed by atoms with Gasteiger partial charge in [-0.3, -0.25) is 24.6 Å². The fourth-order valence-corrected chi connectivity index (χ4v) is 6.21. The van der Waals surface area contributed by atoms with E-state index in [2.05, 4.69) is 5.32 Å². The molecule has 7 heteroatoms. The Morgan fingerprint density at radius 3 is 2.29 bits per heavy atom. The number of nitrogens with zero attached hydrogens (tertiary/aromatic N) is 1. The van der Waals surface area contributed by atoms with E-state index in [1.807, 2.05) is 91.9 Å². The van der Waals surface area contributed by atoms with Crippen LogP contribution in [0.25, 0.3) is 10.8 Å². The maximum atomic E-state index is 13.8. The quantitative estimate of drug-likeness (QED) is 0.223. The first-order valence-electron chi connectivity index (χ1n) is 13.7. The Morgan fingerprint density at radius 1 is 0.902 bits per heavy atom. The molecule has 41 heavy (non-hydrogen) atoms. The van der Waals surface area contributed by atoms with Crippen LogP contribution in [0.2, 0.25) is 0 Å². The summed E-state index contributed by atoms with van der Waals surface area (Å²) in [6.07, 6.45) is 3.56. The van der Waals surface area contributed by atoms with Crippen molar-refractivity contribution >= 4 is 28.6 Å². The standard InChI is InChI=1S/C34H30N2O5/c1-2-3-19-36-31(37)28-29(32(36)38)34(33(39)40,21-22-13-14-23-9-7-8-10-25(23)20-22)35-30(28)24-15-17-27(18-16-24)41-26-11-5-4-6-12-26/h2-18,20,28-30,35H,19,21H2,1H3,(H,39,40)/b3-2+. The molecule has 0 aromatic heterocycles. The van der Waals surface area contributed by atoms with Crippen molar-refractivity contribution < 1.29 is 24.2 Å². The lowest BCUT2D eigenvalue weighted by molar-refractivity contribution is -0.151. The van der Waals surface area contributed by atoms with Crippen LogP contribution in [-0.4, -0.2) is 39.9 Å². The third kappa shape index (κ3) is 4.68. The number of nitrogens with one attached hydrogen (secondary N) is 1. The molecule has 0 radical (unpaired) electrons. The number of ether oxygens (including phenoxy) is 1. The molecule has 7 nitrogen and oxygen atoms in total. The lowest BCUT2D eigenvalue weighted by atomic mass is 9.76. The Balaban J connectivity index is 1.39. The number of benzene rings is 4. The number of fused-ring (bicyclic) bond motifs is 2. The number of allylic oxidation sites excluding steroid dienone is 1. The second-order valence-corrected chi connectivity index (χ2v) is 10.6. The molecule has 0 saturated carbocycles. The molecule has 4 atom stereocenters. The number of aliphatic carboxylic acids is 1. The maximum Gasteiger partial charge on any atom is 0.325 e. The second-order valence-electron chi connectivity index (χ2n) is 10.6. The minimum atomic E-state index is -1.67. The maximum absolute atomic E-state index is 13.8. The molecule has 2 amide bonds. The lowest BCUT2D eigenvalue weighted by Gasteiger charge is -2.31. The predicted octanol–water partition coefficient (Wildman–Crippen LogP) is 5.52. The molecule has 4 unspecified atom stereocenters. The highest BCUT2D eigenvalue weighted by Gasteiger charge is 2.68. The van der Waals surface area contributed by atoms with Crippen molar-refractivity contribution in [2.75, 3.05) is 6.54 Å². The van der Waals surface area contributed by atoms with Gasteiger partial charge in [-0.2, -0.15) is 0 Å². The Morgan fingerprint density at radius 2 is 1.59 bits per heavy atom. The molecule has 0 bridgehead atoms. The molecular formula is C34H30N2O5. The Labute approximate surface area is 238 Å². The van der Waals surface area contributed by atoms with Gasteiger partial charge in [0.1, 0.15) is 17.0 Å². The Hall–Kier alpha value is -4.75. The lowest BCUT2D eigenvalue weighted by Crippen LogP contribution is -2.57. The number of carbonyl (C=O) groups excluding carboxylic acids is 2. The molecule has 206 valence electrons. The highest BCUT2D eigenvalue weighted by Crippen LogP contribution is 2.50. The molecule has 2 saturated heterocycles. The van der Waals surface area contributed by atoms with Gasteiger partial charge in [0.2, 0.25) is 11.8 Å². The van der Waals surface area contributed by atoms with E-state index in [1.165, 1.54) is 4.90 Å². The molecule has 2 aliphatic heterocycles. The topological polar surface area (TPSA) is 95.9 Å². The summed E-state index contributed by atoms with van der Waals surface area (Å²) in [6.45, 7) is 1.93. The Kier molecular flexibility index (Phi) is 6.89. The normalized spacial score (nSPS) is 23.8. The van der Waals surface area contributed by atoms with Gasteiger partial charge in [-0.25, -0.2) is 0 Å². The second kappa shape index (κ2) is 10.7. The van der Waals surface area contributed by atoms with Gasteiger partial charge in [0.05, 0.1) is 11.8 Å². The highest BCUT2D eigenvalue weighted by molar-refractivity contribution is 6.09. The minimum absolute atomic E-state index is 0.0521. The number of amides is 2. The van der Waals surface area contributed by atoms with Crippen LogP contribution >= 0.6 is 0 Å². The third-order valence-electron chi connectivity index (χ3n) is 8.17. The zero-order chi connectivity index (χ0) is 28.6. The van der Waals surface area contributed by atoms with Crippen LogP contribution in [-0.2, 0) is 20.8 Å². The molecule has 0 spiro atoms. The van der Waals surface area contributed by atoms with Crippen LogP contribution in [0, 0.1) is 11.8 Å². The molecule has 4 aromatic rings. The van der Waals surface area contributed by atoms with Gasteiger partial charge in [0.25, 0.3) is 0 Å². The van der Waals surface area contributed by atoms with E-state index in [9.17, 15) is 19.5 Å². The SMILES string of the molecule is C/C=C/CN1C(=O)C2C(c3ccc(Oc4ccccc4)cc3)NC(Cc3ccc4ccccc4c3)(C(=O)O)C2C1=O. The van der Waals surface area contributed by atoms with Crippen molar-refractivity contribution in [3.63, 3.8) is 0 Å². The number of imide groups is 1. The van der Waals surface area contributed by atoms with E-state index in [1.54, 1.807) is 24.3 Å². The third-order valence-corrected chi connectivity index (χ3v) is 8.17. The molecule has 2 N–H and O–H groups in total. The van der Waals surface area contributed by atoms with Crippen LogP contribution in [0.15, 0.2) is 109 Å². The van der Waals surface area contributed by atoms with Crippen LogP contribution in [0.5, 0.6) is 11.5 Å². The first-order chi connectivity index (χ1) is 19.9. The summed E-state index contributed by atoms with van der Waals surface area (Å²) in [5, 5.41) is 16.1. The fraction of sp³-hybridized carbons (Fsp3) is 0.206. The van der Waals surface area contributed by atoms with Gasteiger partial charge in [0.15, 0.2) is 0 Å². The molecule has 6 rings (SSSR count). The van der Waals surface area contributed by atoms with E-state index >= 15 is 0 Å². The summed E-state index contributed by atoms with van der Waals surface area (Å²) in [5.41, 5.74) is -0.179. The van der Waals surface area contributed by atoms with Gasteiger partial charge >= 0.3 is 5.97 Å². The van der Waals surface area contributed by atoms with Crippen LogP contribution < -0.4 is 10.1 Å². The van der Waals surface area contributed by atoms with E-state index < -0.39 is 35.3 Å². The summed E-state index contributed by atoms with van der Waals surface area (Å²) in [4.78, 5) is 41.9. The Bertz CT molecular complexity index is 1650. The molecular weight excluding hydrogens is 516 g/mol. The summed E-state index contributed by atoms with van der Waals surface area (Å²) in [5.74, 6) is -2.59. The monoisotopic (exact) mass is 546 g/mol. The first-order valence-corrected chi connectivity index (χ1v) is 13.7. The van der Waals surface area contributed by atoms with Crippen molar-refractivity contribution in [3.8, 4) is 11.5 Å². The number of likely N-dealkylation sites (tertiary alicyclic amines) is 1. The predicted molar refractivity (Wildman–Crippen MR) is 155 cm³/mol. The smallest absolute Gasteiger partial charge is 0.325 e. The van der Waals surface area contributed by atoms with Crippen molar-refractivity contribution in [2.24, 2.45) is 11.8 Å². The average Bonchev–Trinajstić information content (AvgIpc) is 3.46. The summed E-state index contributed by atoms with van der Waals surface area (Å²) < 4.78 is 5.92. The van der Waals surface area contributed by atoms with E-state index in [0.29, 0.717) is 11.5 Å². The molecule has 0 aliphatic carbocycles. The largest absolute Gasteiger partial charge is 0.480 e. The highest BCUT2D eigenvalue weighted by atomic mass is 16.5. The van der Waals surface area contributed by atoms with E-state index in [4.69, 9.17) is 4.74 Å². The summed E-state index contributed by atoms with van der Waals surface area (Å²) in [6, 6.07) is 29.6. The molecule has 2 heterocycles. The average molecular weight is 547 g/mol. The van der Waals surface area contributed by atoms with Crippen LogP contribution in [0.1, 0.15) is 24.1 Å². The number of carboxylic acid groups (broad SMARTS) is 1. The van der Waals surface area contributed by atoms with Gasteiger partial charge in [-0.05, 0) is 53.1 Å². The summed E-state index contributed by atoms with van der Waals surface area (Å²) in [7, 11) is 0. The number of carboxylic acids is 1. The zero-order valence-corrected chi connectivity index (χ0v) is 22.6. The van der Waals surface area contributed by atoms with Crippen molar-refractivity contribution in [3.05, 3.63) is 120 Å². The van der Waals surface area contributed by atoms with E-state index in [0.717, 1.165) is 21.9 Å². The van der Waals surface area contributed by atoms with Crippen LogP contribution in [0.3, 0.4) is 0 Å². The first kappa shape index (κ1) is 26.5. The van der Waals surface area contributed by atoms with Crippen molar-refractivity contribution in [2.45, 2.75) is 24.9 Å². The fourth-order valence-electron chi connectivity index (χ4n) is 6.21. The number of carbonyl (C=O) groups is 3. The van der Waals surface area contributed by atoms with E-state index in [-0.39, 0.29) is 18.9 Å². The van der Waals surface area contributed by atoms with Crippen molar-refractivity contribution in [1.29, 1.82) is 0 Å². The molecule has 2 fully saturated rings. The van der Waals surface area contributed by atoms with Crippen molar-refractivity contribution in [1.82, 2.24) is 10.2 Å². The number of para-hydroxylation sites is 1. The number of hydrogen-bond acceptors (Lipinski definition) is 5. The minimum Gasteiger partial charge on any atom is -0.480 e. The van der Waals surface area contributed by atoms with Gasteiger partial charge in [-0.15, -0.1) is 0 Å². The van der Waals surface area contributed by atoms with Gasteiger partial charge in [-0.1, -0.05) is 84.9 Å². The summed E-state index contributed by atoms with van der Waals surface area (Å²) >= 11 is 0. The molecule has 2 aliphatic rings. The zero-order valence-electron chi connectivity index (χ0n) is 22.6. The number of rotatable bonds is 8.